The zero-order chi connectivity index (χ0) is 87.9. The van der Waals surface area contributed by atoms with E-state index >= 15 is 0 Å². The minimum atomic E-state index is -3.54. The molecule has 0 spiro atoms. The summed E-state index contributed by atoms with van der Waals surface area (Å²) in [6, 6.07) is 175. The number of rotatable bonds is 15. The molecule has 28 aromatic rings. The highest BCUT2D eigenvalue weighted by Crippen LogP contribution is 2.42. The monoisotopic (exact) mass is 1740 g/mol. The largest absolute Gasteiger partial charge is 0.309 e. The highest BCUT2D eigenvalue weighted by atomic mass is 28.3. The fourth-order valence-corrected chi connectivity index (χ4v) is 32.3. The van der Waals surface area contributed by atoms with Crippen LogP contribution in [0.15, 0.2) is 473 Å². The van der Waals surface area contributed by atoms with E-state index in [1.54, 1.807) is 0 Å². The molecule has 0 aliphatic rings. The van der Waals surface area contributed by atoms with Gasteiger partial charge in [-0.2, -0.15) is 0 Å². The average Bonchev–Trinajstić information content (AvgIpc) is 1.32. The van der Waals surface area contributed by atoms with Crippen molar-refractivity contribution in [2.45, 2.75) is 0 Å². The summed E-state index contributed by atoms with van der Waals surface area (Å²) >= 11 is 0. The summed E-state index contributed by atoms with van der Waals surface area (Å²) < 4.78 is 19.0. The molecule has 0 unspecified atom stereocenters. The minimum absolute atomic E-state index is 0.718. The van der Waals surface area contributed by atoms with Crippen molar-refractivity contribution in [2.75, 3.05) is 0 Å². The van der Waals surface area contributed by atoms with Gasteiger partial charge >= 0.3 is 0 Å². The molecule has 18 aromatic carbocycles. The molecule has 0 amide bonds. The van der Waals surface area contributed by atoms with Gasteiger partial charge in [0.25, 0.3) is 0 Å². The highest BCUT2D eigenvalue weighted by Gasteiger charge is 2.45. The third kappa shape index (κ3) is 11.0. The molecule has 0 atom stereocenters. The van der Waals surface area contributed by atoms with Gasteiger partial charge in [0, 0.05) is 54.5 Å². The van der Waals surface area contributed by atoms with Crippen LogP contribution in [0.25, 0.3) is 189 Å². The molecular formula is C120H78N12Si2. The third-order valence-corrected chi connectivity index (χ3v) is 37.8. The van der Waals surface area contributed by atoms with E-state index in [2.05, 4.69) is 509 Å². The van der Waals surface area contributed by atoms with Crippen LogP contribution in [0.5, 0.6) is 0 Å². The van der Waals surface area contributed by atoms with E-state index < -0.39 is 16.1 Å². The predicted octanol–water partition coefficient (Wildman–Crippen LogP) is 22.8. The van der Waals surface area contributed by atoms with Crippen molar-refractivity contribution in [2.24, 2.45) is 0 Å². The van der Waals surface area contributed by atoms with Crippen LogP contribution in [0.3, 0.4) is 0 Å². The number of pyridine rings is 2. The van der Waals surface area contributed by atoms with Crippen LogP contribution >= 0.6 is 0 Å². The number of aromatic nitrogens is 12. The minimum Gasteiger partial charge on any atom is -0.309 e. The summed E-state index contributed by atoms with van der Waals surface area (Å²) in [5.74, 6) is 4.59. The molecule has 0 aliphatic heterocycles. The first-order valence-electron chi connectivity index (χ1n) is 45.7. The lowest BCUT2D eigenvalue weighted by atomic mass is 10.0. The maximum atomic E-state index is 6.08. The number of para-hydroxylation sites is 13. The first-order chi connectivity index (χ1) is 66.5. The van der Waals surface area contributed by atoms with Crippen molar-refractivity contribution >= 4 is 201 Å². The molecule has 28 rings (SSSR count). The summed E-state index contributed by atoms with van der Waals surface area (Å²) in [5, 5.41) is 19.2. The van der Waals surface area contributed by atoms with Crippen molar-refractivity contribution in [3.63, 3.8) is 0 Å². The van der Waals surface area contributed by atoms with E-state index in [1.165, 1.54) is 68.6 Å². The fraction of sp³-hybridized carbons (Fsp3) is 0. The average molecular weight is 1740 g/mol. The second-order valence-corrected chi connectivity index (χ2v) is 42.9. The number of fused-ring (bicyclic) bond motifs is 22. The molecule has 134 heavy (non-hydrogen) atoms. The van der Waals surface area contributed by atoms with E-state index in [9.17, 15) is 0 Å². The van der Waals surface area contributed by atoms with E-state index in [-0.39, 0.29) is 0 Å². The molecule has 0 aliphatic carbocycles. The Labute approximate surface area is 770 Å². The topological polar surface area (TPSA) is 90.0 Å². The maximum absolute atomic E-state index is 6.08. The quantitative estimate of drug-likeness (QED) is 0.0755. The summed E-state index contributed by atoms with van der Waals surface area (Å²) in [6.07, 6.45) is 0. The van der Waals surface area contributed by atoms with E-state index in [0.717, 1.165) is 162 Å². The van der Waals surface area contributed by atoms with Gasteiger partial charge in [-0.05, 0) is 204 Å². The van der Waals surface area contributed by atoms with Gasteiger partial charge in [-0.3, -0.25) is 27.1 Å². The molecule has 0 bridgehead atoms. The Morgan fingerprint density at radius 2 is 0.418 bits per heavy atom. The van der Waals surface area contributed by atoms with Crippen molar-refractivity contribution in [3.05, 3.63) is 473 Å². The van der Waals surface area contributed by atoms with Crippen LogP contribution < -0.4 is 41.5 Å². The molecule has 10 heterocycles. The molecule has 0 radical (unpaired) electrons. The Hall–Kier alpha value is -17.6. The third-order valence-electron chi connectivity index (χ3n) is 28.3. The zero-order valence-corrected chi connectivity index (χ0v) is 74.4. The van der Waals surface area contributed by atoms with Gasteiger partial charge in [-0.1, -0.05) is 322 Å². The smallest absolute Gasteiger partial charge is 0.221 e. The Kier molecular flexibility index (Phi) is 16.6. The molecule has 10 aromatic heterocycles. The lowest BCUT2D eigenvalue weighted by Gasteiger charge is -2.35. The normalized spacial score (nSPS) is 12.3. The van der Waals surface area contributed by atoms with Crippen LogP contribution in [0.1, 0.15) is 0 Å². The molecule has 626 valence electrons. The van der Waals surface area contributed by atoms with Gasteiger partial charge in [0.15, 0.2) is 16.1 Å². The summed E-state index contributed by atoms with van der Waals surface area (Å²) in [5.41, 5.74) is 20.9. The Balaban J connectivity index is 0.655. The molecular weight excluding hydrogens is 1670 g/mol. The number of hydrogen-bond acceptors (Lipinski definition) is 4. The van der Waals surface area contributed by atoms with E-state index in [4.69, 9.17) is 19.9 Å². The summed E-state index contributed by atoms with van der Waals surface area (Å²) in [7, 11) is -7.01. The van der Waals surface area contributed by atoms with Crippen molar-refractivity contribution in [1.29, 1.82) is 0 Å². The first kappa shape index (κ1) is 75.4. The number of nitrogens with zero attached hydrogens (tertiary/aromatic N) is 12. The zero-order valence-electron chi connectivity index (χ0n) is 72.4. The first-order valence-corrected chi connectivity index (χ1v) is 49.7. The molecule has 0 saturated heterocycles. The lowest BCUT2D eigenvalue weighted by Crippen LogP contribution is -2.75. The molecule has 0 N–H and O–H groups in total. The van der Waals surface area contributed by atoms with Crippen LogP contribution in [-0.4, -0.2) is 72.3 Å². The van der Waals surface area contributed by atoms with Crippen molar-refractivity contribution in [3.8, 4) is 45.8 Å². The summed E-state index contributed by atoms with van der Waals surface area (Å²) in [4.78, 5) is 23.6. The number of hydrogen-bond donors (Lipinski definition) is 0. The molecule has 0 fully saturated rings. The molecule has 14 heteroatoms. The number of benzene rings is 18. The van der Waals surface area contributed by atoms with Crippen LogP contribution in [0.4, 0.5) is 0 Å². The maximum Gasteiger partial charge on any atom is 0.221 e. The highest BCUT2D eigenvalue weighted by molar-refractivity contribution is 7.20. The van der Waals surface area contributed by atoms with Gasteiger partial charge in [0.2, 0.25) is 11.6 Å². The SMILES string of the molecule is c1ccc([Si](c2ccccc2)(c2cccc(-n3c4ccccc4c4ccccc43)c2)c2cc(-n3c4ccccc4c4ccccc43)nc(-n3c4ccccc4c4cc(-c5ccc6c(c5)nc5n(-c7cc([Si](c8ccccc8)(c8ccccc8)c8cccc(-n9c%10ccccc%10c%10ccccc%109)c8)cc(-n8c9ccccc9n9c%10ccccc%10nc89)n7)c7ccccc7n65)ccc43)c2)cc1. The second kappa shape index (κ2) is 29.5. The van der Waals surface area contributed by atoms with Crippen LogP contribution in [-0.2, 0) is 0 Å². The van der Waals surface area contributed by atoms with E-state index in [1.807, 2.05) is 0 Å². The van der Waals surface area contributed by atoms with Crippen LogP contribution in [0, 0.1) is 0 Å². The van der Waals surface area contributed by atoms with Gasteiger partial charge in [-0.15, -0.1) is 0 Å². The second-order valence-electron chi connectivity index (χ2n) is 35.2. The van der Waals surface area contributed by atoms with Gasteiger partial charge in [0.05, 0.1) is 88.3 Å². The lowest BCUT2D eigenvalue weighted by molar-refractivity contribution is 0.985. The summed E-state index contributed by atoms with van der Waals surface area (Å²) in [6.45, 7) is 0. The molecule has 12 nitrogen and oxygen atoms in total. The molecule has 0 saturated carbocycles. The predicted molar refractivity (Wildman–Crippen MR) is 558 cm³/mol. The van der Waals surface area contributed by atoms with Crippen molar-refractivity contribution in [1.82, 2.24) is 56.1 Å². The van der Waals surface area contributed by atoms with Gasteiger partial charge in [-0.25, -0.2) is 19.9 Å². The number of imidazole rings is 4. The Morgan fingerprint density at radius 1 is 0.149 bits per heavy atom. The fourth-order valence-electron chi connectivity index (χ4n) is 22.8. The Bertz CT molecular complexity index is 9450. The van der Waals surface area contributed by atoms with Gasteiger partial charge in [0.1, 0.15) is 23.3 Å². The van der Waals surface area contributed by atoms with Gasteiger partial charge < -0.3 is 9.13 Å². The standard InChI is InChI=1S/C120H78N12Si2/c1-5-37-83(38-6-1)133(84-39-7-2-8-40-84,87-45-33-35-81(73-87)125-101-55-21-13-47-91(101)92-48-14-22-56-102(92)125)89-75-115(127-105-59-25-17-51-95(105)96-52-18-26-60-106(96)127)123-116(76-89)128-107-61-27-19-53-97(107)98-71-79(67-69-108(98)128)80-68-70-110-100(72-80)122-120-130(110)112-64-30-32-66-114(112)132(120)118-78-90(77-117(124-118)131-113-65-31-29-63-111(113)129-109-62-28-20-54-99(109)121-119(129)131)134(85-41-9-3-10-42-85,86-43-11-4-12-44-86)88-46-34-36-82(74-88)126-103-57-23-15-49-93(103)94-50-16-24-58-104(94)126/h1-78H. The Morgan fingerprint density at radius 3 is 0.799 bits per heavy atom. The van der Waals surface area contributed by atoms with Crippen LogP contribution in [0.2, 0.25) is 0 Å². The van der Waals surface area contributed by atoms with E-state index in [0.29, 0.717) is 0 Å². The van der Waals surface area contributed by atoms with Crippen molar-refractivity contribution < 1.29 is 0 Å².